The Labute approximate surface area is 317 Å². The minimum absolute atomic E-state index is 0.0987. The van der Waals surface area contributed by atoms with Crippen LogP contribution in [0.5, 0.6) is 5.88 Å². The molecular formula is C38H37ClF3N9O4. The van der Waals surface area contributed by atoms with E-state index in [0.29, 0.717) is 51.1 Å². The van der Waals surface area contributed by atoms with Gasteiger partial charge in [-0.3, -0.25) is 18.8 Å². The van der Waals surface area contributed by atoms with Crippen molar-refractivity contribution in [3.8, 4) is 28.3 Å². The van der Waals surface area contributed by atoms with Crippen LogP contribution in [0.3, 0.4) is 0 Å². The quantitative estimate of drug-likeness (QED) is 0.200. The molecule has 286 valence electrons. The van der Waals surface area contributed by atoms with Crippen LogP contribution in [-0.4, -0.2) is 67.3 Å². The van der Waals surface area contributed by atoms with Gasteiger partial charge in [0.25, 0.3) is 5.56 Å². The van der Waals surface area contributed by atoms with Gasteiger partial charge in [0.1, 0.15) is 11.2 Å². The molecule has 2 fully saturated rings. The Bertz CT molecular complexity index is 2540. The van der Waals surface area contributed by atoms with Gasteiger partial charge in [0.2, 0.25) is 11.7 Å². The Morgan fingerprint density at radius 1 is 1.00 bits per heavy atom. The van der Waals surface area contributed by atoms with Crippen molar-refractivity contribution < 1.29 is 22.7 Å². The Morgan fingerprint density at radius 3 is 2.49 bits per heavy atom. The second-order valence-electron chi connectivity index (χ2n) is 14.3. The molecule has 2 atom stereocenters. The number of urea groups is 1. The number of rotatable bonds is 6. The third-order valence-electron chi connectivity index (χ3n) is 11.1. The van der Waals surface area contributed by atoms with Crippen LogP contribution in [0.25, 0.3) is 33.4 Å². The molecule has 1 aliphatic carbocycles. The number of hydrogen-bond acceptors (Lipinski definition) is 9. The Morgan fingerprint density at radius 2 is 1.75 bits per heavy atom. The molecule has 0 bridgehead atoms. The number of fused-ring (bicyclic) bond motifs is 2. The number of aryl methyl sites for hydroxylation is 2. The zero-order valence-corrected chi connectivity index (χ0v) is 31.2. The van der Waals surface area contributed by atoms with Gasteiger partial charge >= 0.3 is 17.9 Å². The lowest BCUT2D eigenvalue weighted by molar-refractivity contribution is -0.144. The topological polar surface area (TPSA) is 148 Å². The number of methoxy groups -OCH3 is 1. The molecule has 0 radical (unpaired) electrons. The van der Waals surface area contributed by atoms with Crippen LogP contribution in [0.4, 0.5) is 29.5 Å². The number of halogens is 4. The summed E-state index contributed by atoms with van der Waals surface area (Å²) in [5, 5.41) is 9.09. The molecule has 5 aromatic rings. The van der Waals surface area contributed by atoms with E-state index in [1.165, 1.54) is 14.1 Å². The molecular weight excluding hydrogens is 739 g/mol. The first-order chi connectivity index (χ1) is 26.2. The average Bonchev–Trinajstić information content (AvgIpc) is 3.77. The van der Waals surface area contributed by atoms with Crippen LogP contribution in [-0.2, 0) is 26.7 Å². The number of carbonyl (C=O) groups is 1. The molecule has 8 rings (SSSR count). The summed E-state index contributed by atoms with van der Waals surface area (Å²) in [6.07, 6.45) is -1.50. The second-order valence-corrected chi connectivity index (χ2v) is 14.7. The van der Waals surface area contributed by atoms with E-state index in [-0.39, 0.29) is 23.0 Å². The molecule has 2 aromatic carbocycles. The first-order valence-corrected chi connectivity index (χ1v) is 18.2. The van der Waals surface area contributed by atoms with E-state index in [2.05, 4.69) is 36.9 Å². The summed E-state index contributed by atoms with van der Waals surface area (Å²) in [5.74, 6) is -1.38. The highest BCUT2D eigenvalue weighted by Crippen LogP contribution is 2.46. The number of nitrogens with zero attached hydrogens (tertiary/aromatic N) is 6. The van der Waals surface area contributed by atoms with Crippen molar-refractivity contribution in [2.24, 2.45) is 14.1 Å². The monoisotopic (exact) mass is 775 g/mol. The second kappa shape index (κ2) is 13.4. The number of likely N-dealkylation sites (tertiary alicyclic amines) is 1. The minimum atomic E-state index is -4.95. The maximum Gasteiger partial charge on any atom is 0.451 e. The lowest BCUT2D eigenvalue weighted by Crippen LogP contribution is -2.59. The molecule has 2 unspecified atom stereocenters. The van der Waals surface area contributed by atoms with Crippen molar-refractivity contribution in [2.75, 3.05) is 32.1 Å². The summed E-state index contributed by atoms with van der Waals surface area (Å²) in [5.41, 5.74) is 3.39. The molecule has 55 heavy (non-hydrogen) atoms. The summed E-state index contributed by atoms with van der Waals surface area (Å²) in [6, 6.07) is 12.8. The Hall–Kier alpha value is -5.48. The molecule has 2 saturated heterocycles. The molecule has 2 amide bonds. The van der Waals surface area contributed by atoms with Crippen molar-refractivity contribution >= 4 is 40.2 Å². The maximum atomic E-state index is 14.0. The predicted molar refractivity (Wildman–Crippen MR) is 201 cm³/mol. The zero-order valence-electron chi connectivity index (χ0n) is 30.4. The number of hydrogen-bond donors (Lipinski definition) is 3. The summed E-state index contributed by atoms with van der Waals surface area (Å²) in [7, 11) is 4.08. The zero-order chi connectivity index (χ0) is 39.0. The molecule has 3 N–H and O–H groups in total. The summed E-state index contributed by atoms with van der Waals surface area (Å²) >= 11 is 7.18. The summed E-state index contributed by atoms with van der Waals surface area (Å²) < 4.78 is 49.5. The van der Waals surface area contributed by atoms with Gasteiger partial charge < -0.3 is 20.7 Å². The van der Waals surface area contributed by atoms with Crippen LogP contribution in [0.2, 0.25) is 5.02 Å². The van der Waals surface area contributed by atoms with Crippen LogP contribution < -0.4 is 31.9 Å². The predicted octanol–water partition coefficient (Wildman–Crippen LogP) is 5.62. The molecule has 5 heterocycles. The van der Waals surface area contributed by atoms with Crippen LogP contribution in [0.15, 0.2) is 52.1 Å². The average molecular weight is 776 g/mol. The number of carbonyl (C=O) groups excluding carboxylic acids is 1. The first kappa shape index (κ1) is 36.5. The van der Waals surface area contributed by atoms with E-state index in [4.69, 9.17) is 21.3 Å². The van der Waals surface area contributed by atoms with Gasteiger partial charge in [-0.25, -0.2) is 24.5 Å². The van der Waals surface area contributed by atoms with E-state index >= 15 is 0 Å². The van der Waals surface area contributed by atoms with E-state index in [1.807, 2.05) is 24.3 Å². The number of aromatic nitrogens is 5. The van der Waals surface area contributed by atoms with E-state index < -0.39 is 34.7 Å². The lowest BCUT2D eigenvalue weighted by Gasteiger charge is -2.36. The highest BCUT2D eigenvalue weighted by Gasteiger charge is 2.45. The molecule has 0 saturated carbocycles. The van der Waals surface area contributed by atoms with Gasteiger partial charge in [0.15, 0.2) is 5.65 Å². The number of anilines is 2. The summed E-state index contributed by atoms with van der Waals surface area (Å²) in [4.78, 5) is 52.6. The smallest absolute Gasteiger partial charge is 0.451 e. The fourth-order valence-electron chi connectivity index (χ4n) is 8.28. The SMILES string of the molecule is COc1nc(-c2cccc(-c3cccc(Nc4nc(C(F)(F)F)nc5c4c(=O)n(C)c(=O)n5C)c3C)c2Cl)cc2c1C(N1CCC3(CCNC(=O)N3)C1)CC2. The number of amides is 2. The van der Waals surface area contributed by atoms with Crippen LogP contribution in [0, 0.1) is 6.92 Å². The van der Waals surface area contributed by atoms with Crippen molar-refractivity contribution in [3.05, 3.63) is 90.8 Å². The standard InChI is InChI=1S/C38H37ClF3N9O4/c1-19-21(7-6-10-24(19)44-30-28-31(47-34(46-30)38(40,41)42)49(2)36(54)50(3)33(28)52)22-8-5-9-23(29(22)39)25-17-20-11-12-26(27(20)32(45-25)55-4)51-16-14-37(18-51)13-15-43-35(53)48-37/h5-10,17,26H,11-16,18H2,1-4H3,(H2,43,48,53)(H,44,46,47). The van der Waals surface area contributed by atoms with Crippen molar-refractivity contribution in [2.45, 2.75) is 50.4 Å². The number of nitrogens with one attached hydrogen (secondary N) is 3. The van der Waals surface area contributed by atoms with Gasteiger partial charge in [-0.2, -0.15) is 13.2 Å². The van der Waals surface area contributed by atoms with Gasteiger partial charge in [-0.05, 0) is 61.4 Å². The fraction of sp³-hybridized carbons (Fsp3) is 0.368. The molecule has 1 spiro atoms. The van der Waals surface area contributed by atoms with Gasteiger partial charge in [0.05, 0.1) is 23.4 Å². The van der Waals surface area contributed by atoms with Crippen LogP contribution in [0.1, 0.15) is 47.8 Å². The Kier molecular flexibility index (Phi) is 8.87. The fourth-order valence-corrected chi connectivity index (χ4v) is 8.61. The number of alkyl halides is 3. The van der Waals surface area contributed by atoms with Gasteiger partial charge in [-0.1, -0.05) is 41.9 Å². The minimum Gasteiger partial charge on any atom is -0.481 e. The van der Waals surface area contributed by atoms with Gasteiger partial charge in [0, 0.05) is 62.1 Å². The lowest BCUT2D eigenvalue weighted by atomic mass is 9.93. The van der Waals surface area contributed by atoms with Gasteiger partial charge in [-0.15, -0.1) is 0 Å². The van der Waals surface area contributed by atoms with Crippen LogP contribution >= 0.6 is 11.6 Å². The number of pyridine rings is 1. The molecule has 13 nitrogen and oxygen atoms in total. The largest absolute Gasteiger partial charge is 0.481 e. The van der Waals surface area contributed by atoms with Crippen molar-refractivity contribution in [1.82, 2.24) is 39.6 Å². The number of benzene rings is 2. The van der Waals surface area contributed by atoms with E-state index in [1.54, 1.807) is 26.2 Å². The highest BCUT2D eigenvalue weighted by molar-refractivity contribution is 6.36. The highest BCUT2D eigenvalue weighted by atomic mass is 35.5. The molecule has 3 aromatic heterocycles. The third kappa shape index (κ3) is 6.16. The molecule has 3 aliphatic rings. The first-order valence-electron chi connectivity index (χ1n) is 17.8. The normalized spacial score (nSPS) is 19.8. The van der Waals surface area contributed by atoms with Crippen molar-refractivity contribution in [1.29, 1.82) is 0 Å². The number of ether oxygens (including phenoxy) is 1. The van der Waals surface area contributed by atoms with Crippen molar-refractivity contribution in [3.63, 3.8) is 0 Å². The van der Waals surface area contributed by atoms with E-state index in [9.17, 15) is 27.6 Å². The summed E-state index contributed by atoms with van der Waals surface area (Å²) in [6.45, 7) is 4.03. The maximum absolute atomic E-state index is 14.0. The molecule has 17 heteroatoms. The Balaban J connectivity index is 1.15. The third-order valence-corrected chi connectivity index (χ3v) is 11.5. The van der Waals surface area contributed by atoms with E-state index in [0.717, 1.165) is 59.0 Å². The molecule has 2 aliphatic heterocycles.